The molecule has 0 radical (unpaired) electrons. The highest BCUT2D eigenvalue weighted by Gasteiger charge is 2.23. The summed E-state index contributed by atoms with van der Waals surface area (Å²) >= 11 is 0. The van der Waals surface area contributed by atoms with Crippen LogP contribution >= 0.6 is 0 Å². The summed E-state index contributed by atoms with van der Waals surface area (Å²) in [6.07, 6.45) is 0. The van der Waals surface area contributed by atoms with Crippen molar-refractivity contribution < 1.29 is 9.47 Å². The number of hydrogen-bond acceptors (Lipinski definition) is 3. The van der Waals surface area contributed by atoms with Gasteiger partial charge in [0.15, 0.2) is 11.5 Å². The number of nitrogens with two attached hydrogens (primary N) is 1. The Morgan fingerprint density at radius 3 is 3.23 bits per heavy atom. The number of rotatable bonds is 2. The summed E-state index contributed by atoms with van der Waals surface area (Å²) in [5.74, 6) is 1.62. The van der Waals surface area contributed by atoms with E-state index in [1.54, 1.807) is 0 Å². The molecule has 1 aliphatic rings. The van der Waals surface area contributed by atoms with Crippen molar-refractivity contribution in [3.05, 3.63) is 23.8 Å². The van der Waals surface area contributed by atoms with Crippen LogP contribution in [0.15, 0.2) is 18.2 Å². The minimum atomic E-state index is -0.00425. The van der Waals surface area contributed by atoms with Gasteiger partial charge in [-0.3, -0.25) is 0 Å². The molecule has 0 amide bonds. The van der Waals surface area contributed by atoms with E-state index >= 15 is 0 Å². The molecule has 0 aromatic heterocycles. The second-order valence-electron chi connectivity index (χ2n) is 3.03. The molecular weight excluding hydrogens is 166 g/mol. The van der Waals surface area contributed by atoms with Crippen molar-refractivity contribution >= 4 is 0 Å². The highest BCUT2D eigenvalue weighted by Crippen LogP contribution is 2.38. The average Bonchev–Trinajstić information content (AvgIpc) is 2.50. The van der Waals surface area contributed by atoms with Crippen LogP contribution in [-0.4, -0.2) is 13.2 Å². The minimum Gasteiger partial charge on any atom is -0.490 e. The largest absolute Gasteiger partial charge is 0.490 e. The third kappa shape index (κ3) is 1.35. The predicted molar refractivity (Wildman–Crippen MR) is 50.0 cm³/mol. The molecule has 1 aliphatic heterocycles. The monoisotopic (exact) mass is 179 g/mol. The van der Waals surface area contributed by atoms with E-state index < -0.39 is 0 Å². The van der Waals surface area contributed by atoms with Gasteiger partial charge in [-0.1, -0.05) is 12.1 Å². The van der Waals surface area contributed by atoms with Crippen molar-refractivity contribution in [2.45, 2.75) is 13.0 Å². The Balaban J connectivity index is 2.38. The van der Waals surface area contributed by atoms with Gasteiger partial charge in [-0.15, -0.1) is 0 Å². The predicted octanol–water partition coefficient (Wildman–Crippen LogP) is 1.48. The Morgan fingerprint density at radius 2 is 2.46 bits per heavy atom. The zero-order chi connectivity index (χ0) is 9.26. The number of para-hydroxylation sites is 1. The molecule has 0 fully saturated rings. The molecule has 70 valence electrons. The quantitative estimate of drug-likeness (QED) is 0.747. The standard InChI is InChI=1S/C10H13NO2/c1-2-12-9-5-3-4-7-8(11)6-13-10(7)9/h3-5,8H,2,6,11H2,1H3. The Morgan fingerprint density at radius 1 is 1.62 bits per heavy atom. The van der Waals surface area contributed by atoms with Crippen LogP contribution < -0.4 is 15.2 Å². The molecule has 1 aromatic carbocycles. The first-order chi connectivity index (χ1) is 6.33. The molecule has 0 saturated carbocycles. The van der Waals surface area contributed by atoms with Crippen LogP contribution in [0.2, 0.25) is 0 Å². The zero-order valence-corrected chi connectivity index (χ0v) is 7.62. The van der Waals surface area contributed by atoms with Crippen LogP contribution in [0.25, 0.3) is 0 Å². The van der Waals surface area contributed by atoms with E-state index in [1.165, 1.54) is 0 Å². The van der Waals surface area contributed by atoms with Gasteiger partial charge in [0.2, 0.25) is 0 Å². The summed E-state index contributed by atoms with van der Waals surface area (Å²) < 4.78 is 10.9. The van der Waals surface area contributed by atoms with Gasteiger partial charge in [-0.25, -0.2) is 0 Å². The fourth-order valence-electron chi connectivity index (χ4n) is 1.51. The summed E-state index contributed by atoms with van der Waals surface area (Å²) in [5, 5.41) is 0. The molecule has 0 bridgehead atoms. The van der Waals surface area contributed by atoms with E-state index in [9.17, 15) is 0 Å². The van der Waals surface area contributed by atoms with Crippen LogP contribution in [0.1, 0.15) is 18.5 Å². The first-order valence-corrected chi connectivity index (χ1v) is 4.47. The van der Waals surface area contributed by atoms with Crippen molar-refractivity contribution in [1.82, 2.24) is 0 Å². The third-order valence-corrected chi connectivity index (χ3v) is 2.12. The number of ether oxygens (including phenoxy) is 2. The molecular formula is C10H13NO2. The highest BCUT2D eigenvalue weighted by molar-refractivity contribution is 5.50. The van der Waals surface area contributed by atoms with Crippen molar-refractivity contribution in [3.63, 3.8) is 0 Å². The van der Waals surface area contributed by atoms with Crippen LogP contribution in [0.5, 0.6) is 11.5 Å². The lowest BCUT2D eigenvalue weighted by molar-refractivity contribution is 0.290. The van der Waals surface area contributed by atoms with Crippen molar-refractivity contribution in [2.75, 3.05) is 13.2 Å². The van der Waals surface area contributed by atoms with Crippen LogP contribution in [-0.2, 0) is 0 Å². The van der Waals surface area contributed by atoms with Gasteiger partial charge in [-0.2, -0.15) is 0 Å². The molecule has 1 unspecified atom stereocenters. The van der Waals surface area contributed by atoms with Crippen LogP contribution in [0.3, 0.4) is 0 Å². The van der Waals surface area contributed by atoms with Crippen LogP contribution in [0, 0.1) is 0 Å². The summed E-state index contributed by atoms with van der Waals surface area (Å²) in [7, 11) is 0. The molecule has 3 heteroatoms. The Kier molecular flexibility index (Phi) is 2.10. The Labute approximate surface area is 77.5 Å². The van der Waals surface area contributed by atoms with Crippen molar-refractivity contribution in [2.24, 2.45) is 5.73 Å². The summed E-state index contributed by atoms with van der Waals surface area (Å²) in [5.41, 5.74) is 6.88. The number of benzene rings is 1. The topological polar surface area (TPSA) is 44.5 Å². The van der Waals surface area contributed by atoms with Gasteiger partial charge in [0.25, 0.3) is 0 Å². The van der Waals surface area contributed by atoms with Gasteiger partial charge in [0.05, 0.1) is 12.6 Å². The molecule has 1 atom stereocenters. The van der Waals surface area contributed by atoms with E-state index in [2.05, 4.69) is 0 Å². The fourth-order valence-corrected chi connectivity index (χ4v) is 1.51. The summed E-state index contributed by atoms with van der Waals surface area (Å²) in [6, 6.07) is 5.82. The lowest BCUT2D eigenvalue weighted by atomic mass is 10.1. The molecule has 2 N–H and O–H groups in total. The maximum atomic E-state index is 5.83. The average molecular weight is 179 g/mol. The van der Waals surface area contributed by atoms with Crippen LogP contribution in [0.4, 0.5) is 0 Å². The maximum absolute atomic E-state index is 5.83. The first kappa shape index (κ1) is 8.38. The van der Waals surface area contributed by atoms with E-state index in [-0.39, 0.29) is 6.04 Å². The van der Waals surface area contributed by atoms with Crippen molar-refractivity contribution in [3.8, 4) is 11.5 Å². The SMILES string of the molecule is CCOc1cccc2c1OCC2N. The second kappa shape index (κ2) is 3.26. The van der Waals surface area contributed by atoms with Gasteiger partial charge in [0, 0.05) is 5.56 Å². The first-order valence-electron chi connectivity index (χ1n) is 4.47. The smallest absolute Gasteiger partial charge is 0.166 e. The zero-order valence-electron chi connectivity index (χ0n) is 7.62. The molecule has 0 aliphatic carbocycles. The maximum Gasteiger partial charge on any atom is 0.166 e. The Bertz CT molecular complexity index is 312. The molecule has 2 rings (SSSR count). The van der Waals surface area contributed by atoms with Gasteiger partial charge >= 0.3 is 0 Å². The minimum absolute atomic E-state index is 0.00425. The molecule has 0 saturated heterocycles. The fraction of sp³-hybridized carbons (Fsp3) is 0.400. The molecule has 1 heterocycles. The van der Waals surface area contributed by atoms with E-state index in [4.69, 9.17) is 15.2 Å². The molecule has 1 aromatic rings. The Hall–Kier alpha value is -1.22. The summed E-state index contributed by atoms with van der Waals surface area (Å²) in [4.78, 5) is 0. The van der Waals surface area contributed by atoms with Crippen molar-refractivity contribution in [1.29, 1.82) is 0 Å². The molecule has 3 nitrogen and oxygen atoms in total. The molecule has 0 spiro atoms. The third-order valence-electron chi connectivity index (χ3n) is 2.12. The van der Waals surface area contributed by atoms with E-state index in [1.807, 2.05) is 25.1 Å². The molecule has 13 heavy (non-hydrogen) atoms. The van der Waals surface area contributed by atoms with Gasteiger partial charge in [-0.05, 0) is 13.0 Å². The van der Waals surface area contributed by atoms with E-state index in [0.717, 1.165) is 17.1 Å². The normalized spacial score (nSPS) is 19.4. The second-order valence-corrected chi connectivity index (χ2v) is 3.03. The number of fused-ring (bicyclic) bond motifs is 1. The number of hydrogen-bond donors (Lipinski definition) is 1. The van der Waals surface area contributed by atoms with Gasteiger partial charge < -0.3 is 15.2 Å². The highest BCUT2D eigenvalue weighted by atomic mass is 16.5. The lowest BCUT2D eigenvalue weighted by Gasteiger charge is -2.07. The lowest BCUT2D eigenvalue weighted by Crippen LogP contribution is -2.10. The summed E-state index contributed by atoms with van der Waals surface area (Å²) in [6.45, 7) is 3.16. The van der Waals surface area contributed by atoms with Gasteiger partial charge in [0.1, 0.15) is 6.61 Å². The van der Waals surface area contributed by atoms with E-state index in [0.29, 0.717) is 13.2 Å².